The van der Waals surface area contributed by atoms with Crippen LogP contribution in [0.15, 0.2) is 66.7 Å². The minimum absolute atomic E-state index is 0.107. The maximum atomic E-state index is 13.2. The Kier molecular flexibility index (Phi) is 9.34. The molecular formula is C31H30ClF3N4O4. The lowest BCUT2D eigenvalue weighted by atomic mass is 10.1. The Labute approximate surface area is 251 Å². The second-order valence-electron chi connectivity index (χ2n) is 10.4. The summed E-state index contributed by atoms with van der Waals surface area (Å²) in [7, 11) is 0. The van der Waals surface area contributed by atoms with Gasteiger partial charge in [-0.3, -0.25) is 14.4 Å². The Hall–Kier alpha value is -4.51. The normalized spacial score (nSPS) is 11.6. The first-order valence-electron chi connectivity index (χ1n) is 13.4. The van der Waals surface area contributed by atoms with Crippen LogP contribution in [0.2, 0.25) is 5.02 Å². The summed E-state index contributed by atoms with van der Waals surface area (Å²) in [5, 5.41) is 9.28. The minimum Gasteiger partial charge on any atom is -0.406 e. The third kappa shape index (κ3) is 7.86. The van der Waals surface area contributed by atoms with Crippen LogP contribution in [0.3, 0.4) is 0 Å². The number of ether oxygens (including phenoxy) is 1. The number of anilines is 2. The molecule has 226 valence electrons. The molecule has 0 saturated heterocycles. The van der Waals surface area contributed by atoms with Crippen LogP contribution in [0, 0.1) is 5.92 Å². The SMILES string of the molecule is CC(C)C(=O)NCc1ccc(Cl)c(C(=O)Nc2ccc3c(c2)cc(C(=O)Nc2ccc(OC(F)(F)F)cc2)n3C(C)C)c1. The number of fused-ring (bicyclic) bond motifs is 1. The number of nitrogens with one attached hydrogen (secondary N) is 3. The third-order valence-corrected chi connectivity index (χ3v) is 6.79. The van der Waals surface area contributed by atoms with Crippen molar-refractivity contribution in [2.45, 2.75) is 46.6 Å². The summed E-state index contributed by atoms with van der Waals surface area (Å²) in [5.41, 5.74) is 2.78. The van der Waals surface area contributed by atoms with Crippen molar-refractivity contribution in [2.24, 2.45) is 5.92 Å². The topological polar surface area (TPSA) is 101 Å². The molecule has 0 radical (unpaired) electrons. The molecule has 0 unspecified atom stereocenters. The van der Waals surface area contributed by atoms with Crippen LogP contribution in [0.4, 0.5) is 24.5 Å². The molecule has 0 saturated carbocycles. The summed E-state index contributed by atoms with van der Waals surface area (Å²) in [6.07, 6.45) is -4.82. The van der Waals surface area contributed by atoms with Crippen molar-refractivity contribution < 1.29 is 32.3 Å². The molecule has 12 heteroatoms. The Balaban J connectivity index is 1.53. The number of nitrogens with zero attached hydrogens (tertiary/aromatic N) is 1. The molecule has 0 bridgehead atoms. The van der Waals surface area contributed by atoms with Crippen LogP contribution in [0.25, 0.3) is 10.9 Å². The molecule has 1 heterocycles. The third-order valence-electron chi connectivity index (χ3n) is 6.46. The quantitative estimate of drug-likeness (QED) is 0.181. The molecule has 0 aliphatic rings. The molecule has 4 aromatic rings. The molecule has 3 amide bonds. The second-order valence-corrected chi connectivity index (χ2v) is 10.8. The smallest absolute Gasteiger partial charge is 0.406 e. The Bertz CT molecular complexity index is 1660. The Morgan fingerprint density at radius 3 is 2.14 bits per heavy atom. The highest BCUT2D eigenvalue weighted by Crippen LogP contribution is 2.29. The zero-order valence-corrected chi connectivity index (χ0v) is 24.6. The number of halogens is 4. The first-order chi connectivity index (χ1) is 20.2. The van der Waals surface area contributed by atoms with Gasteiger partial charge < -0.3 is 25.3 Å². The van der Waals surface area contributed by atoms with Crippen molar-refractivity contribution in [3.8, 4) is 5.75 Å². The molecule has 3 N–H and O–H groups in total. The molecule has 43 heavy (non-hydrogen) atoms. The lowest BCUT2D eigenvalue weighted by molar-refractivity contribution is -0.274. The van der Waals surface area contributed by atoms with Gasteiger partial charge in [0.05, 0.1) is 10.6 Å². The fraction of sp³-hybridized carbons (Fsp3) is 0.258. The highest BCUT2D eigenvalue weighted by Gasteiger charge is 2.31. The molecule has 0 atom stereocenters. The van der Waals surface area contributed by atoms with Gasteiger partial charge >= 0.3 is 6.36 Å². The van der Waals surface area contributed by atoms with E-state index in [2.05, 4.69) is 20.7 Å². The molecule has 0 spiro atoms. The van der Waals surface area contributed by atoms with E-state index in [4.69, 9.17) is 11.6 Å². The molecule has 1 aromatic heterocycles. The summed E-state index contributed by atoms with van der Waals surface area (Å²) in [5.74, 6) is -1.59. The lowest BCUT2D eigenvalue weighted by Crippen LogP contribution is -2.27. The Morgan fingerprint density at radius 2 is 1.51 bits per heavy atom. The van der Waals surface area contributed by atoms with E-state index in [1.807, 2.05) is 18.4 Å². The number of carbonyl (C=O) groups is 3. The number of rotatable bonds is 9. The first-order valence-corrected chi connectivity index (χ1v) is 13.8. The van der Waals surface area contributed by atoms with Gasteiger partial charge in [0.15, 0.2) is 0 Å². The van der Waals surface area contributed by atoms with E-state index in [1.165, 1.54) is 12.1 Å². The van der Waals surface area contributed by atoms with Gasteiger partial charge in [0, 0.05) is 40.8 Å². The van der Waals surface area contributed by atoms with E-state index in [9.17, 15) is 27.6 Å². The minimum atomic E-state index is -4.82. The summed E-state index contributed by atoms with van der Waals surface area (Å²) in [6, 6.07) is 16.6. The highest BCUT2D eigenvalue weighted by molar-refractivity contribution is 6.34. The van der Waals surface area contributed by atoms with Crippen molar-refractivity contribution in [1.82, 2.24) is 9.88 Å². The fourth-order valence-electron chi connectivity index (χ4n) is 4.43. The van der Waals surface area contributed by atoms with Crippen LogP contribution in [-0.2, 0) is 11.3 Å². The van der Waals surface area contributed by atoms with Gasteiger partial charge in [-0.1, -0.05) is 31.5 Å². The standard InChI is InChI=1S/C31H30ClF3N4O4/c1-17(2)28(40)36-16-19-5-11-25(32)24(13-19)29(41)38-22-8-12-26-20(14-22)15-27(39(26)18(3)4)30(42)37-21-6-9-23(10-7-21)43-31(33,34)35/h5-15,17-18H,16H2,1-4H3,(H,36,40)(H,37,42)(H,38,41). The lowest BCUT2D eigenvalue weighted by Gasteiger charge is -2.15. The van der Waals surface area contributed by atoms with Crippen LogP contribution in [0.5, 0.6) is 5.75 Å². The van der Waals surface area contributed by atoms with E-state index in [0.29, 0.717) is 22.3 Å². The van der Waals surface area contributed by atoms with Gasteiger partial charge in [0.25, 0.3) is 11.8 Å². The molecular weight excluding hydrogens is 585 g/mol. The van der Waals surface area contributed by atoms with E-state index in [0.717, 1.165) is 17.6 Å². The summed E-state index contributed by atoms with van der Waals surface area (Å²) < 4.78 is 43.1. The highest BCUT2D eigenvalue weighted by atomic mass is 35.5. The molecule has 0 fully saturated rings. The molecule has 3 aromatic carbocycles. The summed E-state index contributed by atoms with van der Waals surface area (Å²) in [4.78, 5) is 38.3. The maximum absolute atomic E-state index is 13.2. The van der Waals surface area contributed by atoms with E-state index in [1.54, 1.807) is 56.3 Å². The van der Waals surface area contributed by atoms with Crippen molar-refractivity contribution in [3.05, 3.63) is 88.6 Å². The number of carbonyl (C=O) groups excluding carboxylic acids is 3. The number of amides is 3. The van der Waals surface area contributed by atoms with Crippen LogP contribution in [0.1, 0.15) is 60.1 Å². The van der Waals surface area contributed by atoms with Crippen LogP contribution < -0.4 is 20.7 Å². The predicted molar refractivity (Wildman–Crippen MR) is 159 cm³/mol. The van der Waals surface area contributed by atoms with Gasteiger partial charge in [0.1, 0.15) is 11.4 Å². The zero-order chi connectivity index (χ0) is 31.5. The van der Waals surface area contributed by atoms with Crippen molar-refractivity contribution >= 4 is 51.6 Å². The first kappa shape index (κ1) is 31.4. The summed E-state index contributed by atoms with van der Waals surface area (Å²) in [6.45, 7) is 7.65. The van der Waals surface area contributed by atoms with Gasteiger partial charge in [-0.05, 0) is 80.1 Å². The monoisotopic (exact) mass is 614 g/mol. The zero-order valence-electron chi connectivity index (χ0n) is 23.8. The van der Waals surface area contributed by atoms with Crippen molar-refractivity contribution in [1.29, 1.82) is 0 Å². The molecule has 8 nitrogen and oxygen atoms in total. The predicted octanol–water partition coefficient (Wildman–Crippen LogP) is 7.55. The second kappa shape index (κ2) is 12.8. The van der Waals surface area contributed by atoms with Gasteiger partial charge in [-0.15, -0.1) is 13.2 Å². The largest absolute Gasteiger partial charge is 0.573 e. The number of alkyl halides is 3. The average molecular weight is 615 g/mol. The van der Waals surface area contributed by atoms with Gasteiger partial charge in [0.2, 0.25) is 5.91 Å². The van der Waals surface area contributed by atoms with Crippen LogP contribution >= 0.6 is 11.6 Å². The molecule has 4 rings (SSSR count). The van der Waals surface area contributed by atoms with E-state index >= 15 is 0 Å². The fourth-order valence-corrected chi connectivity index (χ4v) is 4.63. The molecule has 0 aliphatic carbocycles. The maximum Gasteiger partial charge on any atom is 0.573 e. The number of benzene rings is 3. The van der Waals surface area contributed by atoms with Crippen molar-refractivity contribution in [3.63, 3.8) is 0 Å². The van der Waals surface area contributed by atoms with Gasteiger partial charge in [-0.25, -0.2) is 0 Å². The number of hydrogen-bond donors (Lipinski definition) is 3. The number of aromatic nitrogens is 1. The van der Waals surface area contributed by atoms with E-state index in [-0.39, 0.29) is 40.7 Å². The summed E-state index contributed by atoms with van der Waals surface area (Å²) >= 11 is 6.31. The van der Waals surface area contributed by atoms with E-state index < -0.39 is 23.9 Å². The molecule has 0 aliphatic heterocycles. The Morgan fingerprint density at radius 1 is 0.860 bits per heavy atom. The van der Waals surface area contributed by atoms with Crippen molar-refractivity contribution in [2.75, 3.05) is 10.6 Å². The average Bonchev–Trinajstić information content (AvgIpc) is 3.32. The van der Waals surface area contributed by atoms with Crippen LogP contribution in [-0.4, -0.2) is 28.7 Å². The van der Waals surface area contributed by atoms with Gasteiger partial charge in [-0.2, -0.15) is 0 Å². The number of hydrogen-bond acceptors (Lipinski definition) is 4.